The number of hydrogen-bond acceptors (Lipinski definition) is 2. The molecule has 0 fully saturated rings. The predicted octanol–water partition coefficient (Wildman–Crippen LogP) is 2.89. The molecule has 1 aromatic carbocycles. The van der Waals surface area contributed by atoms with Gasteiger partial charge in [0, 0.05) is 0 Å². The predicted molar refractivity (Wildman–Crippen MR) is 58.5 cm³/mol. The number of aliphatic carboxylic acids is 1. The highest BCUT2D eigenvalue weighted by atomic mass is 35.5. The van der Waals surface area contributed by atoms with Crippen LogP contribution in [0.15, 0.2) is 18.2 Å². The van der Waals surface area contributed by atoms with Crippen LogP contribution < -0.4 is 4.74 Å². The number of halogens is 1. The third-order valence-electron chi connectivity index (χ3n) is 2.00. The lowest BCUT2D eigenvalue weighted by atomic mass is 10.2. The number of carboxylic acid groups (broad SMARTS) is 1. The van der Waals surface area contributed by atoms with E-state index in [1.807, 2.05) is 13.0 Å². The summed E-state index contributed by atoms with van der Waals surface area (Å²) >= 11 is 5.88. The van der Waals surface area contributed by atoms with Gasteiger partial charge in [0.2, 0.25) is 0 Å². The molecule has 0 radical (unpaired) electrons. The molecule has 0 aliphatic heterocycles. The Morgan fingerprint density at radius 3 is 2.80 bits per heavy atom. The van der Waals surface area contributed by atoms with Gasteiger partial charge in [0.1, 0.15) is 5.75 Å². The Morgan fingerprint density at radius 1 is 1.60 bits per heavy atom. The molecule has 0 saturated carbocycles. The minimum Gasteiger partial charge on any atom is -0.479 e. The van der Waals surface area contributed by atoms with Gasteiger partial charge in [0.15, 0.2) is 6.10 Å². The second-order valence-electron chi connectivity index (χ2n) is 3.29. The fourth-order valence-corrected chi connectivity index (χ4v) is 1.32. The van der Waals surface area contributed by atoms with E-state index in [4.69, 9.17) is 21.4 Å². The van der Waals surface area contributed by atoms with Crippen molar-refractivity contribution in [3.8, 4) is 5.75 Å². The molecule has 0 saturated heterocycles. The number of aryl methyl sites for hydroxylation is 1. The highest BCUT2D eigenvalue weighted by Gasteiger charge is 2.17. The van der Waals surface area contributed by atoms with Gasteiger partial charge in [0.05, 0.1) is 5.02 Å². The van der Waals surface area contributed by atoms with Crippen LogP contribution in [0.1, 0.15) is 18.9 Å². The van der Waals surface area contributed by atoms with E-state index in [0.29, 0.717) is 17.2 Å². The van der Waals surface area contributed by atoms with E-state index in [2.05, 4.69) is 0 Å². The molecule has 82 valence electrons. The summed E-state index contributed by atoms with van der Waals surface area (Å²) in [5, 5.41) is 9.26. The summed E-state index contributed by atoms with van der Waals surface area (Å²) in [4.78, 5) is 10.8. The van der Waals surface area contributed by atoms with Crippen molar-refractivity contribution in [2.24, 2.45) is 0 Å². The first kappa shape index (κ1) is 11.9. The van der Waals surface area contributed by atoms with E-state index >= 15 is 0 Å². The molecule has 15 heavy (non-hydrogen) atoms. The number of benzene rings is 1. The van der Waals surface area contributed by atoms with Crippen molar-refractivity contribution < 1.29 is 14.6 Å². The van der Waals surface area contributed by atoms with E-state index in [9.17, 15) is 4.79 Å². The average molecular weight is 229 g/mol. The summed E-state index contributed by atoms with van der Waals surface area (Å²) < 4.78 is 5.31. The van der Waals surface area contributed by atoms with Crippen LogP contribution in [-0.2, 0) is 4.79 Å². The maximum absolute atomic E-state index is 10.8. The van der Waals surface area contributed by atoms with Crippen molar-refractivity contribution in [1.29, 1.82) is 0 Å². The van der Waals surface area contributed by atoms with E-state index < -0.39 is 12.1 Å². The van der Waals surface area contributed by atoms with Gasteiger partial charge in [-0.3, -0.25) is 0 Å². The molecule has 4 heteroatoms. The summed E-state index contributed by atoms with van der Waals surface area (Å²) in [6.45, 7) is 3.65. The van der Waals surface area contributed by atoms with Crippen molar-refractivity contribution >= 4 is 17.6 Å². The summed E-state index contributed by atoms with van der Waals surface area (Å²) in [5.41, 5.74) is 0.981. The molecule has 0 aliphatic carbocycles. The van der Waals surface area contributed by atoms with Crippen molar-refractivity contribution in [3.05, 3.63) is 28.8 Å². The zero-order valence-corrected chi connectivity index (χ0v) is 9.41. The molecule has 0 aliphatic rings. The number of rotatable bonds is 4. The van der Waals surface area contributed by atoms with Gasteiger partial charge >= 0.3 is 5.97 Å². The van der Waals surface area contributed by atoms with Crippen LogP contribution in [0.4, 0.5) is 0 Å². The third-order valence-corrected chi connectivity index (χ3v) is 2.31. The fourth-order valence-electron chi connectivity index (χ4n) is 1.16. The van der Waals surface area contributed by atoms with E-state index in [1.54, 1.807) is 19.1 Å². The maximum Gasteiger partial charge on any atom is 0.344 e. The summed E-state index contributed by atoms with van der Waals surface area (Å²) in [6, 6.07) is 5.27. The lowest BCUT2D eigenvalue weighted by molar-refractivity contribution is -0.145. The molecular formula is C11H13ClO3. The fraction of sp³-hybridized carbons (Fsp3) is 0.364. The highest BCUT2D eigenvalue weighted by Crippen LogP contribution is 2.26. The first-order valence-corrected chi connectivity index (χ1v) is 5.08. The molecule has 0 unspecified atom stereocenters. The van der Waals surface area contributed by atoms with Gasteiger partial charge in [-0.15, -0.1) is 0 Å². The van der Waals surface area contributed by atoms with E-state index in [1.165, 1.54) is 0 Å². The zero-order valence-electron chi connectivity index (χ0n) is 8.66. The van der Waals surface area contributed by atoms with Crippen LogP contribution in [0.25, 0.3) is 0 Å². The van der Waals surface area contributed by atoms with Crippen LogP contribution in [0.3, 0.4) is 0 Å². The van der Waals surface area contributed by atoms with Gasteiger partial charge in [-0.2, -0.15) is 0 Å². The summed E-state index contributed by atoms with van der Waals surface area (Å²) in [6.07, 6.45) is -0.441. The highest BCUT2D eigenvalue weighted by molar-refractivity contribution is 6.32. The largest absolute Gasteiger partial charge is 0.479 e. The minimum atomic E-state index is -0.977. The molecule has 0 spiro atoms. The van der Waals surface area contributed by atoms with Gasteiger partial charge in [0.25, 0.3) is 0 Å². The second kappa shape index (κ2) is 5.03. The minimum absolute atomic E-state index is 0.402. The van der Waals surface area contributed by atoms with E-state index in [0.717, 1.165) is 5.56 Å². The number of hydrogen-bond donors (Lipinski definition) is 1. The van der Waals surface area contributed by atoms with Crippen LogP contribution in [0, 0.1) is 6.92 Å². The third kappa shape index (κ3) is 3.13. The standard InChI is InChI=1S/C11H13ClO3/c1-3-9(11(13)14)15-10-6-7(2)4-5-8(10)12/h4-6,9H,3H2,1-2H3,(H,13,14)/t9-/m1/s1. The molecule has 1 atom stereocenters. The first-order valence-electron chi connectivity index (χ1n) is 4.70. The van der Waals surface area contributed by atoms with Crippen LogP contribution in [-0.4, -0.2) is 17.2 Å². The van der Waals surface area contributed by atoms with Gasteiger partial charge in [-0.25, -0.2) is 4.79 Å². The Kier molecular flexibility index (Phi) is 3.97. The number of carboxylic acids is 1. The average Bonchev–Trinajstić information content (AvgIpc) is 2.18. The SMILES string of the molecule is CC[C@@H](Oc1cc(C)ccc1Cl)C(=O)O. The van der Waals surface area contributed by atoms with Crippen molar-refractivity contribution in [1.82, 2.24) is 0 Å². The second-order valence-corrected chi connectivity index (χ2v) is 3.69. The van der Waals surface area contributed by atoms with E-state index in [-0.39, 0.29) is 0 Å². The Labute approximate surface area is 93.6 Å². The first-order chi connectivity index (χ1) is 7.04. The molecular weight excluding hydrogens is 216 g/mol. The lowest BCUT2D eigenvalue weighted by Gasteiger charge is -2.14. The van der Waals surface area contributed by atoms with Crippen molar-refractivity contribution in [2.45, 2.75) is 26.4 Å². The smallest absolute Gasteiger partial charge is 0.344 e. The van der Waals surface area contributed by atoms with Gasteiger partial charge < -0.3 is 9.84 Å². The molecule has 1 N–H and O–H groups in total. The Hall–Kier alpha value is -1.22. The van der Waals surface area contributed by atoms with Crippen LogP contribution in [0.5, 0.6) is 5.75 Å². The van der Waals surface area contributed by atoms with Crippen molar-refractivity contribution in [3.63, 3.8) is 0 Å². The quantitative estimate of drug-likeness (QED) is 0.862. The van der Waals surface area contributed by atoms with Gasteiger partial charge in [-0.1, -0.05) is 24.6 Å². The number of ether oxygens (including phenoxy) is 1. The lowest BCUT2D eigenvalue weighted by Crippen LogP contribution is -2.26. The van der Waals surface area contributed by atoms with Crippen LogP contribution in [0.2, 0.25) is 5.02 Å². The summed E-state index contributed by atoms with van der Waals surface area (Å²) in [5.74, 6) is -0.555. The Bertz CT molecular complexity index is 363. The van der Waals surface area contributed by atoms with Crippen LogP contribution >= 0.6 is 11.6 Å². The normalized spacial score (nSPS) is 12.2. The zero-order chi connectivity index (χ0) is 11.4. The monoisotopic (exact) mass is 228 g/mol. The Balaban J connectivity index is 2.87. The van der Waals surface area contributed by atoms with Crippen molar-refractivity contribution in [2.75, 3.05) is 0 Å². The maximum atomic E-state index is 10.8. The molecule has 0 aromatic heterocycles. The molecule has 1 aromatic rings. The molecule has 3 nitrogen and oxygen atoms in total. The summed E-state index contributed by atoms with van der Waals surface area (Å²) in [7, 11) is 0. The Morgan fingerprint density at radius 2 is 2.27 bits per heavy atom. The number of carbonyl (C=O) groups is 1. The molecule has 0 heterocycles. The molecule has 1 rings (SSSR count). The topological polar surface area (TPSA) is 46.5 Å². The molecule has 0 amide bonds. The molecule has 0 bridgehead atoms. The van der Waals surface area contributed by atoms with Gasteiger partial charge in [-0.05, 0) is 31.0 Å².